The van der Waals surface area contributed by atoms with Crippen LogP contribution in [0.4, 0.5) is 26.3 Å². The van der Waals surface area contributed by atoms with E-state index in [-0.39, 0.29) is 31.5 Å². The Kier molecular flexibility index (Phi) is 8.88. The van der Waals surface area contributed by atoms with E-state index in [0.29, 0.717) is 23.3 Å². The molecule has 0 radical (unpaired) electrons. The summed E-state index contributed by atoms with van der Waals surface area (Å²) in [7, 11) is 0. The molecule has 6 nitrogen and oxygen atoms in total. The Labute approximate surface area is 207 Å². The molecule has 0 N–H and O–H groups in total. The van der Waals surface area contributed by atoms with E-state index in [1.165, 1.54) is 6.20 Å². The third kappa shape index (κ3) is 7.56. The number of benzene rings is 1. The summed E-state index contributed by atoms with van der Waals surface area (Å²) in [6.45, 7) is 7.13. The van der Waals surface area contributed by atoms with Crippen LogP contribution in [0.1, 0.15) is 11.1 Å². The Bertz CT molecular complexity index is 1310. The fraction of sp³-hybridized carbons (Fsp3) is 0.160. The number of allylic oxidation sites excluding steroid dienone is 2. The van der Waals surface area contributed by atoms with Crippen LogP contribution in [-0.4, -0.2) is 28.2 Å². The summed E-state index contributed by atoms with van der Waals surface area (Å²) >= 11 is 0. The molecule has 0 aliphatic rings. The van der Waals surface area contributed by atoms with Gasteiger partial charge in [0, 0.05) is 12.6 Å². The van der Waals surface area contributed by atoms with E-state index in [2.05, 4.69) is 28.1 Å². The standard InChI is InChI=1S/C25H19F6N3O3/c1-3-5-15(4-2)14-36-24-33-13-21(28)23(34-24)35-9-8-16-10-20(27)22(32-12-16)37-17-6-7-19(26)18(11-17)25(29,30)31/h3-7,10-13H,1-2,8-9,14H2. The van der Waals surface area contributed by atoms with Crippen LogP contribution in [0.2, 0.25) is 0 Å². The van der Waals surface area contributed by atoms with Crippen LogP contribution >= 0.6 is 0 Å². The summed E-state index contributed by atoms with van der Waals surface area (Å²) in [6.07, 6.45) is 1.94. The van der Waals surface area contributed by atoms with Gasteiger partial charge in [-0.05, 0) is 35.4 Å². The maximum Gasteiger partial charge on any atom is 0.419 e. The lowest BCUT2D eigenvalue weighted by atomic mass is 10.2. The molecule has 1 aromatic carbocycles. The van der Waals surface area contributed by atoms with Gasteiger partial charge in [-0.15, -0.1) is 0 Å². The van der Waals surface area contributed by atoms with Gasteiger partial charge < -0.3 is 14.2 Å². The van der Waals surface area contributed by atoms with Gasteiger partial charge in [-0.1, -0.05) is 31.4 Å². The number of ether oxygens (including phenoxy) is 3. The van der Waals surface area contributed by atoms with Gasteiger partial charge in [-0.25, -0.2) is 18.7 Å². The number of hydrogen-bond donors (Lipinski definition) is 0. The molecule has 2 heterocycles. The highest BCUT2D eigenvalue weighted by Crippen LogP contribution is 2.35. The predicted octanol–water partition coefficient (Wildman–Crippen LogP) is 6.40. The largest absolute Gasteiger partial charge is 0.475 e. The van der Waals surface area contributed by atoms with Gasteiger partial charge in [0.2, 0.25) is 5.82 Å². The molecule has 0 aliphatic carbocycles. The molecule has 3 aromatic rings. The zero-order valence-electron chi connectivity index (χ0n) is 19.1. The highest BCUT2D eigenvalue weighted by Gasteiger charge is 2.34. The quantitative estimate of drug-likeness (QED) is 0.214. The molecule has 0 unspecified atom stereocenters. The lowest BCUT2D eigenvalue weighted by Crippen LogP contribution is -2.09. The van der Waals surface area contributed by atoms with E-state index < -0.39 is 40.8 Å². The summed E-state index contributed by atoms with van der Waals surface area (Å²) in [5.41, 5.74) is -0.553. The van der Waals surface area contributed by atoms with Crippen LogP contribution in [0.5, 0.6) is 23.5 Å². The smallest absolute Gasteiger partial charge is 0.419 e. The third-order valence-corrected chi connectivity index (χ3v) is 4.60. The minimum Gasteiger partial charge on any atom is -0.475 e. The van der Waals surface area contributed by atoms with Gasteiger partial charge in [-0.2, -0.15) is 22.5 Å². The summed E-state index contributed by atoms with van der Waals surface area (Å²) in [4.78, 5) is 11.3. The highest BCUT2D eigenvalue weighted by atomic mass is 19.4. The number of nitrogens with zero attached hydrogens (tertiary/aromatic N) is 3. The fourth-order valence-electron chi connectivity index (χ4n) is 2.82. The van der Waals surface area contributed by atoms with Crippen molar-refractivity contribution in [1.29, 1.82) is 0 Å². The molecule has 12 heteroatoms. The molecule has 0 saturated carbocycles. The summed E-state index contributed by atoms with van der Waals surface area (Å²) in [5.74, 6) is -4.77. The van der Waals surface area contributed by atoms with E-state index in [0.717, 1.165) is 18.3 Å². The van der Waals surface area contributed by atoms with Crippen LogP contribution < -0.4 is 14.2 Å². The van der Waals surface area contributed by atoms with Gasteiger partial charge in [-0.3, -0.25) is 0 Å². The van der Waals surface area contributed by atoms with E-state index >= 15 is 0 Å². The van der Waals surface area contributed by atoms with Crippen LogP contribution in [0.3, 0.4) is 0 Å². The number of hydrogen-bond acceptors (Lipinski definition) is 6. The van der Waals surface area contributed by atoms with Crippen molar-refractivity contribution in [2.45, 2.75) is 12.6 Å². The van der Waals surface area contributed by atoms with E-state index in [4.69, 9.17) is 14.2 Å². The Balaban J connectivity index is 1.61. The zero-order valence-corrected chi connectivity index (χ0v) is 19.1. The molecule has 0 amide bonds. The van der Waals surface area contributed by atoms with Crippen molar-refractivity contribution < 1.29 is 40.6 Å². The van der Waals surface area contributed by atoms with Crippen molar-refractivity contribution in [3.8, 4) is 23.5 Å². The minimum absolute atomic E-state index is 0.0649. The van der Waals surface area contributed by atoms with Crippen molar-refractivity contribution >= 4 is 0 Å². The normalized spacial score (nSPS) is 11.7. The summed E-state index contributed by atoms with van der Waals surface area (Å²) in [5, 5.41) is 0. The van der Waals surface area contributed by atoms with Crippen LogP contribution in [0.15, 0.2) is 73.6 Å². The van der Waals surface area contributed by atoms with Crippen molar-refractivity contribution in [1.82, 2.24) is 15.0 Å². The molecule has 0 bridgehead atoms. The Morgan fingerprint density at radius 1 is 0.919 bits per heavy atom. The Morgan fingerprint density at radius 2 is 1.70 bits per heavy atom. The molecule has 3 rings (SSSR count). The monoisotopic (exact) mass is 523 g/mol. The second-order valence-corrected chi connectivity index (χ2v) is 7.25. The Morgan fingerprint density at radius 3 is 2.38 bits per heavy atom. The average molecular weight is 523 g/mol. The number of alkyl halides is 3. The molecule has 0 aliphatic heterocycles. The SMILES string of the molecule is C=CC=C(C=C)COc1ncc(F)c(OCCc2cnc(Oc3ccc(F)c(C(F)(F)F)c3)c(F)c2)n1. The van der Waals surface area contributed by atoms with Gasteiger partial charge in [0.15, 0.2) is 5.82 Å². The van der Waals surface area contributed by atoms with Gasteiger partial charge in [0.25, 0.3) is 11.8 Å². The van der Waals surface area contributed by atoms with E-state index in [9.17, 15) is 26.3 Å². The lowest BCUT2D eigenvalue weighted by Gasteiger charge is -2.11. The first kappa shape index (κ1) is 27.2. The molecule has 0 fully saturated rings. The molecule has 37 heavy (non-hydrogen) atoms. The summed E-state index contributed by atoms with van der Waals surface area (Å²) in [6, 6.07) is 2.75. The number of pyridine rings is 1. The Hall–Kier alpha value is -4.35. The van der Waals surface area contributed by atoms with E-state index in [1.807, 2.05) is 0 Å². The number of rotatable bonds is 11. The predicted molar refractivity (Wildman–Crippen MR) is 121 cm³/mol. The lowest BCUT2D eigenvalue weighted by molar-refractivity contribution is -0.140. The minimum atomic E-state index is -4.95. The number of halogens is 6. The first-order chi connectivity index (χ1) is 17.6. The first-order valence-electron chi connectivity index (χ1n) is 10.5. The highest BCUT2D eigenvalue weighted by molar-refractivity contribution is 5.35. The molecule has 194 valence electrons. The van der Waals surface area contributed by atoms with Gasteiger partial charge in [0.1, 0.15) is 18.2 Å². The zero-order chi connectivity index (χ0) is 27.0. The molecular weight excluding hydrogens is 504 g/mol. The topological polar surface area (TPSA) is 66.4 Å². The molecular formula is C25H19F6N3O3. The second-order valence-electron chi connectivity index (χ2n) is 7.25. The van der Waals surface area contributed by atoms with E-state index in [1.54, 1.807) is 18.2 Å². The molecule has 2 aromatic heterocycles. The van der Waals surface area contributed by atoms with Crippen molar-refractivity contribution in [3.05, 3.63) is 102 Å². The van der Waals surface area contributed by atoms with Gasteiger partial charge in [0.05, 0.1) is 18.4 Å². The van der Waals surface area contributed by atoms with Gasteiger partial charge >= 0.3 is 12.2 Å². The summed E-state index contributed by atoms with van der Waals surface area (Å²) < 4.78 is 96.1. The van der Waals surface area contributed by atoms with Crippen LogP contribution in [0, 0.1) is 17.5 Å². The number of aromatic nitrogens is 3. The molecule has 0 saturated heterocycles. The maximum atomic E-state index is 14.4. The van der Waals surface area contributed by atoms with Crippen molar-refractivity contribution in [2.24, 2.45) is 0 Å². The van der Waals surface area contributed by atoms with Crippen LogP contribution in [-0.2, 0) is 12.6 Å². The first-order valence-corrected chi connectivity index (χ1v) is 10.5. The second kappa shape index (κ2) is 12.1. The molecule has 0 atom stereocenters. The van der Waals surface area contributed by atoms with Crippen molar-refractivity contribution in [2.75, 3.05) is 13.2 Å². The maximum absolute atomic E-state index is 14.4. The fourth-order valence-corrected chi connectivity index (χ4v) is 2.82. The van der Waals surface area contributed by atoms with Crippen LogP contribution in [0.25, 0.3) is 0 Å². The van der Waals surface area contributed by atoms with Crippen molar-refractivity contribution in [3.63, 3.8) is 0 Å². The molecule has 0 spiro atoms. The average Bonchev–Trinajstić information content (AvgIpc) is 2.85. The third-order valence-electron chi connectivity index (χ3n) is 4.60.